The summed E-state index contributed by atoms with van der Waals surface area (Å²) in [4.78, 5) is 0. The van der Waals surface area contributed by atoms with Crippen molar-refractivity contribution in [2.75, 3.05) is 0 Å². The number of allylic oxidation sites excluding steroid dienone is 4. The Hall–Kier alpha value is -1.36. The Morgan fingerprint density at radius 1 is 1.38 bits per heavy atom. The van der Waals surface area contributed by atoms with Crippen LogP contribution in [0.2, 0.25) is 6.82 Å². The minimum atomic E-state index is 0.281. The predicted molar refractivity (Wildman–Crippen MR) is 118 cm³/mol. The van der Waals surface area contributed by atoms with Gasteiger partial charge in [-0.05, 0) is 55.8 Å². The number of terminal acetylenes is 1. The minimum absolute atomic E-state index is 0.281. The van der Waals surface area contributed by atoms with E-state index in [0.717, 1.165) is 37.8 Å². The van der Waals surface area contributed by atoms with Gasteiger partial charge in [-0.1, -0.05) is 71.3 Å². The van der Waals surface area contributed by atoms with Gasteiger partial charge >= 0.3 is 0 Å². The van der Waals surface area contributed by atoms with Gasteiger partial charge < -0.3 is 5.32 Å². The molecule has 0 aromatic heterocycles. The molecule has 0 aromatic rings. The van der Waals surface area contributed by atoms with Crippen molar-refractivity contribution in [1.82, 2.24) is 5.32 Å². The van der Waals surface area contributed by atoms with Crippen LogP contribution in [0.3, 0.4) is 0 Å². The third kappa shape index (κ3) is 8.84. The first-order valence-corrected chi connectivity index (χ1v) is 10.3. The molecule has 2 heteroatoms. The number of rotatable bonds is 11. The highest BCUT2D eigenvalue weighted by Gasteiger charge is 2.24. The van der Waals surface area contributed by atoms with Gasteiger partial charge in [0.15, 0.2) is 0 Å². The second kappa shape index (κ2) is 11.4. The molecule has 0 fully saturated rings. The molecule has 3 atom stereocenters. The SMILES string of the molecule is C#CC(CC(C)(C)C)C(CC)CCC(=C)NC([B]C)CC1=CCCC=C1. The van der Waals surface area contributed by atoms with Crippen LogP contribution in [0.4, 0.5) is 0 Å². The molecule has 0 heterocycles. The summed E-state index contributed by atoms with van der Waals surface area (Å²) in [6, 6.07) is 0. The van der Waals surface area contributed by atoms with Crippen LogP contribution >= 0.6 is 0 Å². The van der Waals surface area contributed by atoms with E-state index in [-0.39, 0.29) is 5.41 Å². The van der Waals surface area contributed by atoms with Gasteiger partial charge in [0.2, 0.25) is 0 Å². The highest BCUT2D eigenvalue weighted by molar-refractivity contribution is 6.35. The van der Waals surface area contributed by atoms with Crippen LogP contribution in [0.25, 0.3) is 0 Å². The second-order valence-corrected chi connectivity index (χ2v) is 8.90. The Morgan fingerprint density at radius 3 is 2.62 bits per heavy atom. The molecule has 0 amide bonds. The average molecular weight is 352 g/mol. The van der Waals surface area contributed by atoms with Crippen molar-refractivity contribution in [1.29, 1.82) is 0 Å². The van der Waals surface area contributed by atoms with E-state index in [0.29, 0.717) is 17.8 Å². The largest absolute Gasteiger partial charge is 0.394 e. The van der Waals surface area contributed by atoms with Crippen LogP contribution in [0.15, 0.2) is 36.1 Å². The zero-order valence-electron chi connectivity index (χ0n) is 17.8. The molecule has 1 rings (SSSR count). The van der Waals surface area contributed by atoms with E-state index in [1.807, 2.05) is 0 Å². The van der Waals surface area contributed by atoms with Gasteiger partial charge in [0.25, 0.3) is 0 Å². The first-order valence-electron chi connectivity index (χ1n) is 10.3. The second-order valence-electron chi connectivity index (χ2n) is 8.90. The van der Waals surface area contributed by atoms with Crippen molar-refractivity contribution in [3.8, 4) is 12.3 Å². The van der Waals surface area contributed by atoms with E-state index in [9.17, 15) is 0 Å². The maximum atomic E-state index is 5.86. The number of nitrogens with one attached hydrogen (secondary N) is 1. The summed E-state index contributed by atoms with van der Waals surface area (Å²) in [5.74, 6) is 4.36. The molecule has 143 valence electrons. The van der Waals surface area contributed by atoms with Gasteiger partial charge in [-0.15, -0.1) is 12.3 Å². The topological polar surface area (TPSA) is 12.0 Å². The maximum Gasteiger partial charge on any atom is 0.137 e. The minimum Gasteiger partial charge on any atom is -0.394 e. The monoisotopic (exact) mass is 352 g/mol. The Labute approximate surface area is 164 Å². The van der Waals surface area contributed by atoms with Gasteiger partial charge in [-0.25, -0.2) is 0 Å². The number of hydrogen-bond acceptors (Lipinski definition) is 1. The lowest BCUT2D eigenvalue weighted by Gasteiger charge is -2.29. The average Bonchev–Trinajstić information content (AvgIpc) is 2.60. The zero-order chi connectivity index (χ0) is 19.6. The summed E-state index contributed by atoms with van der Waals surface area (Å²) in [5.41, 5.74) is 2.85. The van der Waals surface area contributed by atoms with Crippen molar-refractivity contribution in [3.63, 3.8) is 0 Å². The molecule has 0 saturated heterocycles. The van der Waals surface area contributed by atoms with E-state index < -0.39 is 0 Å². The molecule has 0 bridgehead atoms. The molecule has 1 radical (unpaired) electrons. The van der Waals surface area contributed by atoms with Crippen molar-refractivity contribution >= 4 is 7.28 Å². The first kappa shape index (κ1) is 22.7. The molecule has 1 aliphatic carbocycles. The lowest BCUT2D eigenvalue weighted by molar-refractivity contribution is 0.254. The third-order valence-electron chi connectivity index (χ3n) is 5.28. The smallest absolute Gasteiger partial charge is 0.137 e. The molecule has 0 spiro atoms. The van der Waals surface area contributed by atoms with Gasteiger partial charge in [0, 0.05) is 11.6 Å². The zero-order valence-corrected chi connectivity index (χ0v) is 17.8. The van der Waals surface area contributed by atoms with Gasteiger partial charge in [-0.3, -0.25) is 0 Å². The molecule has 0 aromatic carbocycles. The highest BCUT2D eigenvalue weighted by atomic mass is 14.9. The van der Waals surface area contributed by atoms with Crippen molar-refractivity contribution in [2.45, 2.75) is 85.4 Å². The van der Waals surface area contributed by atoms with Crippen molar-refractivity contribution < 1.29 is 0 Å². The van der Waals surface area contributed by atoms with E-state index in [2.05, 4.69) is 77.8 Å². The summed E-state index contributed by atoms with van der Waals surface area (Å²) >= 11 is 0. The summed E-state index contributed by atoms with van der Waals surface area (Å²) in [7, 11) is 2.25. The normalized spacial score (nSPS) is 17.6. The summed E-state index contributed by atoms with van der Waals surface area (Å²) in [6.07, 6.45) is 20.5. The maximum absolute atomic E-state index is 5.86. The molecule has 1 aliphatic rings. The van der Waals surface area contributed by atoms with Gasteiger partial charge in [0.1, 0.15) is 7.28 Å². The van der Waals surface area contributed by atoms with Crippen LogP contribution in [-0.2, 0) is 0 Å². The van der Waals surface area contributed by atoms with Crippen LogP contribution < -0.4 is 5.32 Å². The van der Waals surface area contributed by atoms with Crippen LogP contribution in [0.1, 0.15) is 72.6 Å². The van der Waals surface area contributed by atoms with E-state index in [4.69, 9.17) is 6.42 Å². The molecular weight excluding hydrogens is 313 g/mol. The Bertz CT molecular complexity index is 529. The third-order valence-corrected chi connectivity index (χ3v) is 5.28. The molecular formula is C24H39BN. The van der Waals surface area contributed by atoms with Crippen LogP contribution in [0, 0.1) is 29.6 Å². The fourth-order valence-electron chi connectivity index (χ4n) is 3.73. The Morgan fingerprint density at radius 2 is 2.12 bits per heavy atom. The molecule has 0 saturated carbocycles. The van der Waals surface area contributed by atoms with Crippen LogP contribution in [-0.4, -0.2) is 13.2 Å². The highest BCUT2D eigenvalue weighted by Crippen LogP contribution is 2.32. The summed E-state index contributed by atoms with van der Waals surface area (Å²) < 4.78 is 0. The standard InChI is InChI=1S/C24H39BN/c1-8-21(22(9-2)18-24(4,5)6)16-15-19(3)26-23(25-7)17-20-13-11-10-12-14-20/h2,11,13-14,21-23,26H,3,8,10,12,15-18H2,1,4-7H3. The summed E-state index contributed by atoms with van der Waals surface area (Å²) in [6.45, 7) is 15.5. The Balaban J connectivity index is 2.50. The molecule has 26 heavy (non-hydrogen) atoms. The van der Waals surface area contributed by atoms with Crippen molar-refractivity contribution in [2.24, 2.45) is 17.3 Å². The summed E-state index contributed by atoms with van der Waals surface area (Å²) in [5, 5.41) is 3.62. The fourth-order valence-corrected chi connectivity index (χ4v) is 3.73. The number of hydrogen-bond donors (Lipinski definition) is 1. The lowest BCUT2D eigenvalue weighted by Crippen LogP contribution is -2.33. The van der Waals surface area contributed by atoms with E-state index in [1.54, 1.807) is 0 Å². The first-order chi connectivity index (χ1) is 12.3. The van der Waals surface area contributed by atoms with Gasteiger partial charge in [0.05, 0.1) is 0 Å². The van der Waals surface area contributed by atoms with Crippen LogP contribution in [0.5, 0.6) is 0 Å². The van der Waals surface area contributed by atoms with Gasteiger partial charge in [-0.2, -0.15) is 0 Å². The molecule has 1 N–H and O–H groups in total. The van der Waals surface area contributed by atoms with Crippen molar-refractivity contribution in [3.05, 3.63) is 36.1 Å². The lowest BCUT2D eigenvalue weighted by atomic mass is 9.69. The molecule has 1 nitrogen and oxygen atoms in total. The quantitative estimate of drug-likeness (QED) is 0.338. The van der Waals surface area contributed by atoms with E-state index >= 15 is 0 Å². The molecule has 0 aliphatic heterocycles. The van der Waals surface area contributed by atoms with E-state index in [1.165, 1.54) is 18.4 Å². The molecule has 3 unspecified atom stereocenters. The Kier molecular flexibility index (Phi) is 9.93. The fraction of sp³-hybridized carbons (Fsp3) is 0.667. The predicted octanol–water partition coefficient (Wildman–Crippen LogP) is 6.33.